The smallest absolute Gasteiger partial charge is 0.258 e. The molecule has 0 bridgehead atoms. The summed E-state index contributed by atoms with van der Waals surface area (Å²) in [6.45, 7) is 2.03. The van der Waals surface area contributed by atoms with Crippen molar-refractivity contribution < 1.29 is 9.18 Å². The zero-order chi connectivity index (χ0) is 15.0. The molecule has 0 saturated carbocycles. The van der Waals surface area contributed by atoms with Crippen LogP contribution in [0.25, 0.3) is 0 Å². The Bertz CT molecular complexity index is 684. The van der Waals surface area contributed by atoms with E-state index in [9.17, 15) is 9.18 Å². The number of amides is 1. The van der Waals surface area contributed by atoms with Crippen molar-refractivity contribution >= 4 is 27.5 Å². The largest absolute Gasteiger partial charge is 0.305 e. The van der Waals surface area contributed by atoms with Gasteiger partial charge in [0.1, 0.15) is 5.82 Å². The Hall–Kier alpha value is -1.68. The Morgan fingerprint density at radius 3 is 2.67 bits per heavy atom. The normalized spacial score (nSPS) is 17.5. The van der Waals surface area contributed by atoms with E-state index in [1.807, 2.05) is 19.1 Å². The van der Waals surface area contributed by atoms with Gasteiger partial charge in [0, 0.05) is 21.8 Å². The number of hydrogen-bond donors (Lipinski definition) is 0. The van der Waals surface area contributed by atoms with E-state index < -0.39 is 0 Å². The van der Waals surface area contributed by atoms with E-state index in [0.29, 0.717) is 5.56 Å². The molecule has 108 valence electrons. The SMILES string of the molecule is C[C@@H]1CCc2cc(F)ccc2N1C(=O)c1ccc(Br)cc1. The topological polar surface area (TPSA) is 20.3 Å². The fourth-order valence-corrected chi connectivity index (χ4v) is 3.03. The van der Waals surface area contributed by atoms with Gasteiger partial charge in [-0.1, -0.05) is 15.9 Å². The van der Waals surface area contributed by atoms with Gasteiger partial charge in [0.25, 0.3) is 5.91 Å². The number of fused-ring (bicyclic) bond motifs is 1. The van der Waals surface area contributed by atoms with Crippen LogP contribution in [0.2, 0.25) is 0 Å². The highest BCUT2D eigenvalue weighted by Gasteiger charge is 2.29. The Morgan fingerprint density at radius 2 is 1.95 bits per heavy atom. The fraction of sp³-hybridized carbons (Fsp3) is 0.235. The number of carbonyl (C=O) groups is 1. The monoisotopic (exact) mass is 347 g/mol. The lowest BCUT2D eigenvalue weighted by atomic mass is 9.95. The molecule has 4 heteroatoms. The Balaban J connectivity index is 2.01. The number of hydrogen-bond acceptors (Lipinski definition) is 1. The quantitative estimate of drug-likeness (QED) is 0.739. The lowest BCUT2D eigenvalue weighted by molar-refractivity contribution is 0.0975. The molecule has 3 rings (SSSR count). The Labute approximate surface area is 131 Å². The molecule has 0 saturated heterocycles. The van der Waals surface area contributed by atoms with E-state index in [1.54, 1.807) is 23.1 Å². The van der Waals surface area contributed by atoms with Crippen molar-refractivity contribution in [2.24, 2.45) is 0 Å². The lowest BCUT2D eigenvalue weighted by Crippen LogP contribution is -2.42. The van der Waals surface area contributed by atoms with Gasteiger partial charge in [-0.25, -0.2) is 4.39 Å². The van der Waals surface area contributed by atoms with Crippen molar-refractivity contribution in [1.82, 2.24) is 0 Å². The van der Waals surface area contributed by atoms with Crippen LogP contribution in [-0.4, -0.2) is 11.9 Å². The lowest BCUT2D eigenvalue weighted by Gasteiger charge is -2.35. The van der Waals surface area contributed by atoms with E-state index in [0.717, 1.165) is 28.6 Å². The summed E-state index contributed by atoms with van der Waals surface area (Å²) in [5.74, 6) is -0.290. The molecule has 0 fully saturated rings. The van der Waals surface area contributed by atoms with Crippen LogP contribution in [0.15, 0.2) is 46.9 Å². The van der Waals surface area contributed by atoms with Crippen LogP contribution in [0, 0.1) is 5.82 Å². The predicted molar refractivity (Wildman–Crippen MR) is 85.1 cm³/mol. The Kier molecular flexibility index (Phi) is 3.81. The minimum absolute atomic E-state index is 0.0393. The van der Waals surface area contributed by atoms with Crippen LogP contribution in [0.3, 0.4) is 0 Å². The van der Waals surface area contributed by atoms with Crippen molar-refractivity contribution in [3.63, 3.8) is 0 Å². The second kappa shape index (κ2) is 5.60. The van der Waals surface area contributed by atoms with E-state index >= 15 is 0 Å². The molecule has 0 spiro atoms. The molecular weight excluding hydrogens is 333 g/mol. The predicted octanol–water partition coefficient (Wildman–Crippen LogP) is 4.57. The minimum Gasteiger partial charge on any atom is -0.305 e. The van der Waals surface area contributed by atoms with Crippen LogP contribution in [0.5, 0.6) is 0 Å². The molecular formula is C17H15BrFNO. The highest BCUT2D eigenvalue weighted by atomic mass is 79.9. The number of carbonyl (C=O) groups excluding carboxylic acids is 1. The summed E-state index contributed by atoms with van der Waals surface area (Å²) in [5.41, 5.74) is 2.36. The van der Waals surface area contributed by atoms with Crippen molar-refractivity contribution in [2.45, 2.75) is 25.8 Å². The molecule has 0 aromatic heterocycles. The summed E-state index contributed by atoms with van der Waals surface area (Å²) in [7, 11) is 0. The highest BCUT2D eigenvalue weighted by molar-refractivity contribution is 9.10. The maximum absolute atomic E-state index is 13.4. The van der Waals surface area contributed by atoms with Gasteiger partial charge in [-0.05, 0) is 67.8 Å². The van der Waals surface area contributed by atoms with E-state index in [2.05, 4.69) is 15.9 Å². The first-order valence-corrected chi connectivity index (χ1v) is 7.73. The summed E-state index contributed by atoms with van der Waals surface area (Å²) in [4.78, 5) is 14.6. The van der Waals surface area contributed by atoms with Crippen molar-refractivity contribution in [3.8, 4) is 0 Å². The average molecular weight is 348 g/mol. The number of anilines is 1. The van der Waals surface area contributed by atoms with E-state index in [4.69, 9.17) is 0 Å². The molecule has 21 heavy (non-hydrogen) atoms. The molecule has 0 N–H and O–H groups in total. The van der Waals surface area contributed by atoms with Gasteiger partial charge < -0.3 is 4.90 Å². The maximum Gasteiger partial charge on any atom is 0.258 e. The zero-order valence-corrected chi connectivity index (χ0v) is 13.2. The maximum atomic E-state index is 13.4. The second-order valence-electron chi connectivity index (χ2n) is 5.34. The third-order valence-corrected chi connectivity index (χ3v) is 4.41. The van der Waals surface area contributed by atoms with Gasteiger partial charge in [0.05, 0.1) is 0 Å². The minimum atomic E-state index is -0.251. The molecule has 0 unspecified atom stereocenters. The molecule has 0 aliphatic carbocycles. The van der Waals surface area contributed by atoms with Crippen LogP contribution in [0.4, 0.5) is 10.1 Å². The number of aryl methyl sites for hydroxylation is 1. The molecule has 2 aromatic rings. The molecule has 1 heterocycles. The standard InChI is InChI=1S/C17H15BrFNO/c1-11-2-3-13-10-15(19)8-9-16(13)20(11)17(21)12-4-6-14(18)7-5-12/h4-11H,2-3H2,1H3/t11-/m1/s1. The summed E-state index contributed by atoms with van der Waals surface area (Å²) < 4.78 is 14.3. The summed E-state index contributed by atoms with van der Waals surface area (Å²) >= 11 is 3.37. The van der Waals surface area contributed by atoms with Crippen LogP contribution < -0.4 is 4.90 Å². The van der Waals surface area contributed by atoms with Gasteiger partial charge in [0.15, 0.2) is 0 Å². The zero-order valence-electron chi connectivity index (χ0n) is 11.6. The van der Waals surface area contributed by atoms with Gasteiger partial charge in [-0.15, -0.1) is 0 Å². The first kappa shape index (κ1) is 14.3. The number of nitrogens with zero attached hydrogens (tertiary/aromatic N) is 1. The number of halogens is 2. The van der Waals surface area contributed by atoms with Gasteiger partial charge >= 0.3 is 0 Å². The first-order chi connectivity index (χ1) is 10.1. The van der Waals surface area contributed by atoms with Gasteiger partial charge in [-0.2, -0.15) is 0 Å². The van der Waals surface area contributed by atoms with Crippen LogP contribution in [0.1, 0.15) is 29.3 Å². The highest BCUT2D eigenvalue weighted by Crippen LogP contribution is 2.32. The molecule has 1 aliphatic rings. The summed E-state index contributed by atoms with van der Waals surface area (Å²) in [6.07, 6.45) is 1.65. The summed E-state index contributed by atoms with van der Waals surface area (Å²) in [6, 6.07) is 12.1. The van der Waals surface area contributed by atoms with Gasteiger partial charge in [-0.3, -0.25) is 4.79 Å². The molecule has 0 radical (unpaired) electrons. The van der Waals surface area contributed by atoms with E-state index in [-0.39, 0.29) is 17.8 Å². The van der Waals surface area contributed by atoms with Crippen molar-refractivity contribution in [3.05, 3.63) is 63.9 Å². The van der Waals surface area contributed by atoms with Crippen LogP contribution in [-0.2, 0) is 6.42 Å². The van der Waals surface area contributed by atoms with Crippen molar-refractivity contribution in [1.29, 1.82) is 0 Å². The molecule has 2 aromatic carbocycles. The van der Waals surface area contributed by atoms with Crippen LogP contribution >= 0.6 is 15.9 Å². The third kappa shape index (κ3) is 2.72. The molecule has 1 aliphatic heterocycles. The molecule has 2 nitrogen and oxygen atoms in total. The Morgan fingerprint density at radius 1 is 1.24 bits per heavy atom. The average Bonchev–Trinajstić information content (AvgIpc) is 2.47. The first-order valence-electron chi connectivity index (χ1n) is 6.94. The van der Waals surface area contributed by atoms with Crippen molar-refractivity contribution in [2.75, 3.05) is 4.90 Å². The second-order valence-corrected chi connectivity index (χ2v) is 6.26. The summed E-state index contributed by atoms with van der Waals surface area (Å²) in [5, 5.41) is 0. The molecule has 1 amide bonds. The molecule has 1 atom stereocenters. The fourth-order valence-electron chi connectivity index (χ4n) is 2.76. The van der Waals surface area contributed by atoms with Gasteiger partial charge in [0.2, 0.25) is 0 Å². The number of benzene rings is 2. The third-order valence-electron chi connectivity index (χ3n) is 3.88. The van der Waals surface area contributed by atoms with E-state index in [1.165, 1.54) is 12.1 Å². The number of rotatable bonds is 1.